The average Bonchev–Trinajstić information content (AvgIpc) is 2.25. The molecule has 0 aliphatic heterocycles. The SMILES string of the molecule is C=CC(=O)O.COC(=O)/C=C/C(=O)OC. The summed E-state index contributed by atoms with van der Waals surface area (Å²) in [7, 11) is 2.45. The molecule has 0 aromatic rings. The highest BCUT2D eigenvalue weighted by atomic mass is 16.5. The van der Waals surface area contributed by atoms with Crippen molar-refractivity contribution in [1.82, 2.24) is 0 Å². The molecular weight excluding hydrogens is 204 g/mol. The lowest BCUT2D eigenvalue weighted by Crippen LogP contribution is -1.98. The Kier molecular flexibility index (Phi) is 10.2. The van der Waals surface area contributed by atoms with Crippen LogP contribution in [0.5, 0.6) is 0 Å². The van der Waals surface area contributed by atoms with Crippen LogP contribution < -0.4 is 0 Å². The van der Waals surface area contributed by atoms with Crippen molar-refractivity contribution in [3.8, 4) is 0 Å². The van der Waals surface area contributed by atoms with Gasteiger partial charge >= 0.3 is 17.9 Å². The van der Waals surface area contributed by atoms with E-state index in [0.29, 0.717) is 0 Å². The first kappa shape index (κ1) is 15.4. The number of carboxylic acids is 1. The minimum absolute atomic E-state index is 0.578. The first-order valence-corrected chi connectivity index (χ1v) is 3.67. The molecule has 84 valence electrons. The predicted molar refractivity (Wildman–Crippen MR) is 51.0 cm³/mol. The molecule has 0 saturated carbocycles. The molecule has 0 saturated heterocycles. The maximum absolute atomic E-state index is 10.3. The topological polar surface area (TPSA) is 89.9 Å². The average molecular weight is 216 g/mol. The van der Waals surface area contributed by atoms with Gasteiger partial charge in [0.1, 0.15) is 0 Å². The molecule has 0 rings (SSSR count). The molecule has 6 nitrogen and oxygen atoms in total. The van der Waals surface area contributed by atoms with Crippen molar-refractivity contribution >= 4 is 17.9 Å². The molecule has 0 aromatic heterocycles. The van der Waals surface area contributed by atoms with E-state index >= 15 is 0 Å². The third kappa shape index (κ3) is 14.7. The number of carbonyl (C=O) groups is 3. The lowest BCUT2D eigenvalue weighted by molar-refractivity contribution is -0.137. The molecule has 0 bridgehead atoms. The van der Waals surface area contributed by atoms with Crippen LogP contribution in [-0.2, 0) is 23.9 Å². The van der Waals surface area contributed by atoms with E-state index in [9.17, 15) is 14.4 Å². The summed E-state index contributed by atoms with van der Waals surface area (Å²) in [4.78, 5) is 29.9. The zero-order valence-electron chi connectivity index (χ0n) is 8.43. The summed E-state index contributed by atoms with van der Waals surface area (Å²) in [6.45, 7) is 2.96. The Bertz CT molecular complexity index is 248. The number of methoxy groups -OCH3 is 2. The Labute approximate surface area is 86.8 Å². The van der Waals surface area contributed by atoms with Gasteiger partial charge in [-0.3, -0.25) is 0 Å². The smallest absolute Gasteiger partial charge is 0.330 e. The Morgan fingerprint density at radius 3 is 1.47 bits per heavy atom. The van der Waals surface area contributed by atoms with Gasteiger partial charge < -0.3 is 14.6 Å². The van der Waals surface area contributed by atoms with Crippen LogP contribution in [0.25, 0.3) is 0 Å². The normalized spacial score (nSPS) is 8.40. The monoisotopic (exact) mass is 216 g/mol. The van der Waals surface area contributed by atoms with Crippen LogP contribution >= 0.6 is 0 Å². The van der Waals surface area contributed by atoms with Crippen LogP contribution in [-0.4, -0.2) is 37.2 Å². The van der Waals surface area contributed by atoms with Crippen molar-refractivity contribution in [2.45, 2.75) is 0 Å². The number of carboxylic acid groups (broad SMARTS) is 1. The third-order valence-electron chi connectivity index (χ3n) is 0.932. The number of hydrogen-bond acceptors (Lipinski definition) is 5. The van der Waals surface area contributed by atoms with Gasteiger partial charge in [0.2, 0.25) is 0 Å². The largest absolute Gasteiger partial charge is 0.478 e. The van der Waals surface area contributed by atoms with Crippen molar-refractivity contribution < 1.29 is 29.0 Å². The summed E-state index contributed by atoms with van der Waals surface area (Å²) in [6, 6.07) is 0. The Hall–Kier alpha value is -2.11. The van der Waals surface area contributed by atoms with Gasteiger partial charge in [0.25, 0.3) is 0 Å². The molecule has 0 atom stereocenters. The molecule has 0 aromatic carbocycles. The lowest BCUT2D eigenvalue weighted by atomic mass is 10.5. The molecule has 0 unspecified atom stereocenters. The minimum atomic E-state index is -0.981. The van der Waals surface area contributed by atoms with Crippen molar-refractivity contribution in [2.75, 3.05) is 14.2 Å². The van der Waals surface area contributed by atoms with E-state index in [1.165, 1.54) is 14.2 Å². The number of rotatable bonds is 3. The summed E-state index contributed by atoms with van der Waals surface area (Å²) < 4.78 is 8.42. The second kappa shape index (κ2) is 9.97. The van der Waals surface area contributed by atoms with E-state index in [1.54, 1.807) is 0 Å². The van der Waals surface area contributed by atoms with Gasteiger partial charge in [-0.15, -0.1) is 0 Å². The lowest BCUT2D eigenvalue weighted by Gasteiger charge is -1.89. The fraction of sp³-hybridized carbons (Fsp3) is 0.222. The zero-order chi connectivity index (χ0) is 12.3. The third-order valence-corrected chi connectivity index (χ3v) is 0.932. The van der Waals surface area contributed by atoms with Crippen LogP contribution in [0, 0.1) is 0 Å². The van der Waals surface area contributed by atoms with E-state index in [1.807, 2.05) is 0 Å². The van der Waals surface area contributed by atoms with Crippen LogP contribution in [0.15, 0.2) is 24.8 Å². The van der Waals surface area contributed by atoms with Crippen LogP contribution in [0.4, 0.5) is 0 Å². The molecule has 0 radical (unpaired) electrons. The van der Waals surface area contributed by atoms with Gasteiger partial charge in [0.05, 0.1) is 14.2 Å². The standard InChI is InChI=1S/C6H8O4.C3H4O2/c1-9-5(7)3-4-6(8)10-2;1-2-3(4)5/h3-4H,1-2H3;2H,1H2,(H,4,5)/b4-3+;. The molecule has 0 amide bonds. The van der Waals surface area contributed by atoms with E-state index in [0.717, 1.165) is 18.2 Å². The van der Waals surface area contributed by atoms with Crippen molar-refractivity contribution in [3.05, 3.63) is 24.8 Å². The highest BCUT2D eigenvalue weighted by molar-refractivity contribution is 5.91. The maximum Gasteiger partial charge on any atom is 0.330 e. The fourth-order valence-electron chi connectivity index (χ4n) is 0.272. The van der Waals surface area contributed by atoms with Crippen molar-refractivity contribution in [1.29, 1.82) is 0 Å². The number of esters is 2. The van der Waals surface area contributed by atoms with Crippen molar-refractivity contribution in [3.63, 3.8) is 0 Å². The summed E-state index contributed by atoms with van der Waals surface area (Å²) in [5.74, 6) is -2.14. The van der Waals surface area contributed by atoms with E-state index < -0.39 is 17.9 Å². The highest BCUT2D eigenvalue weighted by Gasteiger charge is 1.94. The van der Waals surface area contributed by atoms with Gasteiger partial charge in [-0.25, -0.2) is 14.4 Å². The van der Waals surface area contributed by atoms with Crippen LogP contribution in [0.3, 0.4) is 0 Å². The first-order valence-electron chi connectivity index (χ1n) is 3.67. The molecule has 6 heteroatoms. The van der Waals surface area contributed by atoms with Gasteiger partial charge in [-0.05, 0) is 0 Å². The predicted octanol–water partition coefficient (Wildman–Crippen LogP) is 0.146. The van der Waals surface area contributed by atoms with Crippen LogP contribution in [0.1, 0.15) is 0 Å². The number of ether oxygens (including phenoxy) is 2. The Morgan fingerprint density at radius 2 is 1.33 bits per heavy atom. The summed E-state index contributed by atoms with van der Waals surface area (Å²) >= 11 is 0. The van der Waals surface area contributed by atoms with Crippen LogP contribution in [0.2, 0.25) is 0 Å². The molecular formula is C9H12O6. The summed E-state index contributed by atoms with van der Waals surface area (Å²) in [5, 5.41) is 7.60. The molecule has 0 heterocycles. The van der Waals surface area contributed by atoms with Gasteiger partial charge in [-0.2, -0.15) is 0 Å². The molecule has 0 spiro atoms. The quantitative estimate of drug-likeness (QED) is 0.533. The molecule has 0 fully saturated rings. The van der Waals surface area contributed by atoms with E-state index in [-0.39, 0.29) is 0 Å². The van der Waals surface area contributed by atoms with E-state index in [4.69, 9.17) is 5.11 Å². The second-order valence-electron chi connectivity index (χ2n) is 1.92. The van der Waals surface area contributed by atoms with Gasteiger partial charge in [0.15, 0.2) is 0 Å². The minimum Gasteiger partial charge on any atom is -0.478 e. The van der Waals surface area contributed by atoms with Gasteiger partial charge in [0, 0.05) is 18.2 Å². The molecule has 15 heavy (non-hydrogen) atoms. The zero-order valence-corrected chi connectivity index (χ0v) is 8.43. The van der Waals surface area contributed by atoms with Crippen molar-refractivity contribution in [2.24, 2.45) is 0 Å². The van der Waals surface area contributed by atoms with Gasteiger partial charge in [-0.1, -0.05) is 6.58 Å². The summed E-state index contributed by atoms with van der Waals surface area (Å²) in [5.41, 5.74) is 0. The second-order valence-corrected chi connectivity index (χ2v) is 1.92. The molecule has 0 aliphatic rings. The fourth-order valence-corrected chi connectivity index (χ4v) is 0.272. The first-order chi connectivity index (χ1) is 6.97. The number of hydrogen-bond donors (Lipinski definition) is 1. The molecule has 1 N–H and O–H groups in total. The summed E-state index contributed by atoms with van der Waals surface area (Å²) in [6.07, 6.45) is 2.82. The Morgan fingerprint density at radius 1 is 1.07 bits per heavy atom. The molecule has 0 aliphatic carbocycles. The highest BCUT2D eigenvalue weighted by Crippen LogP contribution is 1.80. The number of aliphatic carboxylic acids is 1. The van der Waals surface area contributed by atoms with E-state index in [2.05, 4.69) is 16.1 Å². The Balaban J connectivity index is 0. The maximum atomic E-state index is 10.3. The number of carbonyl (C=O) groups excluding carboxylic acids is 2.